The number of aromatic nitrogens is 4. The number of ether oxygens (including phenoxy) is 1. The number of fused-ring (bicyclic) bond motifs is 1. The lowest BCUT2D eigenvalue weighted by Crippen LogP contribution is -2.29. The Morgan fingerprint density at radius 2 is 1.91 bits per heavy atom. The molecule has 0 aliphatic rings. The van der Waals surface area contributed by atoms with E-state index < -0.39 is 0 Å². The minimum atomic E-state index is 0.458. The Balaban J connectivity index is 1.63. The Bertz CT molecular complexity index is 1270. The van der Waals surface area contributed by atoms with Gasteiger partial charge in [-0.2, -0.15) is 0 Å². The second-order valence-electron chi connectivity index (χ2n) is 8.25. The fraction of sp³-hybridized carbons (Fsp3) is 0.292. The van der Waals surface area contributed by atoms with Crippen molar-refractivity contribution in [3.8, 4) is 17.0 Å². The summed E-state index contributed by atoms with van der Waals surface area (Å²) in [5, 5.41) is 4.31. The topological polar surface area (TPSA) is 97.4 Å². The predicted octanol–water partition coefficient (Wildman–Crippen LogP) is 3.36. The van der Waals surface area contributed by atoms with Crippen LogP contribution in [0.2, 0.25) is 0 Å². The molecule has 0 saturated heterocycles. The van der Waals surface area contributed by atoms with Crippen molar-refractivity contribution in [2.75, 3.05) is 57.3 Å². The summed E-state index contributed by atoms with van der Waals surface area (Å²) in [4.78, 5) is 17.9. The summed E-state index contributed by atoms with van der Waals surface area (Å²) in [7, 11) is 9.74. The van der Waals surface area contributed by atoms with Crippen molar-refractivity contribution in [2.45, 2.75) is 0 Å². The minimum Gasteiger partial charge on any atom is -0.494 e. The van der Waals surface area contributed by atoms with Gasteiger partial charge < -0.3 is 30.2 Å². The second kappa shape index (κ2) is 9.33. The van der Waals surface area contributed by atoms with Crippen LogP contribution in [-0.4, -0.2) is 65.8 Å². The molecule has 33 heavy (non-hydrogen) atoms. The van der Waals surface area contributed by atoms with E-state index in [4.69, 9.17) is 15.5 Å². The van der Waals surface area contributed by atoms with E-state index in [1.165, 1.54) is 0 Å². The highest BCUT2D eigenvalue weighted by Crippen LogP contribution is 2.36. The van der Waals surface area contributed by atoms with Gasteiger partial charge in [0.2, 0.25) is 5.95 Å². The van der Waals surface area contributed by atoms with E-state index in [2.05, 4.69) is 25.1 Å². The number of rotatable bonds is 8. The Kier molecular flexibility index (Phi) is 6.32. The zero-order valence-electron chi connectivity index (χ0n) is 19.7. The Morgan fingerprint density at radius 3 is 2.67 bits per heavy atom. The van der Waals surface area contributed by atoms with Crippen molar-refractivity contribution in [3.63, 3.8) is 0 Å². The summed E-state index contributed by atoms with van der Waals surface area (Å²) in [6, 6.07) is 9.66. The molecule has 0 saturated carbocycles. The van der Waals surface area contributed by atoms with Gasteiger partial charge in [0, 0.05) is 62.8 Å². The Hall–Kier alpha value is -3.85. The molecular weight excluding hydrogens is 416 g/mol. The summed E-state index contributed by atoms with van der Waals surface area (Å²) in [6.07, 6.45) is 5.55. The van der Waals surface area contributed by atoms with Crippen LogP contribution in [0.3, 0.4) is 0 Å². The summed E-state index contributed by atoms with van der Waals surface area (Å²) in [5.41, 5.74) is 11.4. The van der Waals surface area contributed by atoms with Crippen LogP contribution in [0.15, 0.2) is 48.9 Å². The van der Waals surface area contributed by atoms with Gasteiger partial charge in [-0.25, -0.2) is 15.0 Å². The summed E-state index contributed by atoms with van der Waals surface area (Å²) >= 11 is 0. The molecule has 0 atom stereocenters. The maximum Gasteiger partial charge on any atom is 0.227 e. The number of aryl methyl sites for hydroxylation is 1. The van der Waals surface area contributed by atoms with E-state index in [1.807, 2.05) is 69.3 Å². The third-order valence-electron chi connectivity index (χ3n) is 5.55. The van der Waals surface area contributed by atoms with Gasteiger partial charge in [0.1, 0.15) is 11.4 Å². The molecule has 0 aliphatic carbocycles. The van der Waals surface area contributed by atoms with Gasteiger partial charge in [-0.1, -0.05) is 0 Å². The molecule has 172 valence electrons. The second-order valence-corrected chi connectivity index (χ2v) is 8.25. The van der Waals surface area contributed by atoms with Crippen LogP contribution in [0.1, 0.15) is 0 Å². The van der Waals surface area contributed by atoms with Gasteiger partial charge in [0.25, 0.3) is 0 Å². The standard InChI is InChI=1S/C24H30N8O/c1-30(2)11-12-31(3)21-14-22(33-5)20(13-18(21)25)29-24-27-10-8-19(28-24)17-15-32(4)23-16(17)7-6-9-26-23/h6-10,13-15H,11-12,25H2,1-5H3,(H,27,28,29). The number of nitrogens with one attached hydrogen (secondary N) is 1. The highest BCUT2D eigenvalue weighted by molar-refractivity contribution is 5.93. The van der Waals surface area contributed by atoms with Gasteiger partial charge in [-0.15, -0.1) is 0 Å². The normalized spacial score (nSPS) is 11.2. The molecule has 0 radical (unpaired) electrons. The van der Waals surface area contributed by atoms with Crippen LogP contribution < -0.4 is 20.7 Å². The fourth-order valence-corrected chi connectivity index (χ4v) is 3.76. The van der Waals surface area contributed by atoms with Crippen molar-refractivity contribution < 1.29 is 4.74 Å². The molecule has 4 rings (SSSR count). The quantitative estimate of drug-likeness (QED) is 0.398. The first-order valence-corrected chi connectivity index (χ1v) is 10.7. The van der Waals surface area contributed by atoms with Crippen LogP contribution in [-0.2, 0) is 7.05 Å². The van der Waals surface area contributed by atoms with E-state index in [0.29, 0.717) is 23.1 Å². The maximum absolute atomic E-state index is 6.39. The van der Waals surface area contributed by atoms with Crippen molar-refractivity contribution in [1.82, 2.24) is 24.4 Å². The number of nitrogen functional groups attached to an aromatic ring is 1. The van der Waals surface area contributed by atoms with Gasteiger partial charge in [-0.3, -0.25) is 0 Å². The minimum absolute atomic E-state index is 0.458. The summed E-state index contributed by atoms with van der Waals surface area (Å²) < 4.78 is 7.64. The van der Waals surface area contributed by atoms with Crippen LogP contribution in [0.5, 0.6) is 5.75 Å². The first-order chi connectivity index (χ1) is 15.9. The van der Waals surface area contributed by atoms with Gasteiger partial charge >= 0.3 is 0 Å². The van der Waals surface area contributed by atoms with E-state index >= 15 is 0 Å². The van der Waals surface area contributed by atoms with Crippen LogP contribution >= 0.6 is 0 Å². The van der Waals surface area contributed by atoms with Crippen molar-refractivity contribution >= 4 is 34.0 Å². The van der Waals surface area contributed by atoms with Gasteiger partial charge in [0.15, 0.2) is 0 Å². The molecule has 0 bridgehead atoms. The van der Waals surface area contributed by atoms with Crippen LogP contribution in [0, 0.1) is 0 Å². The zero-order valence-corrected chi connectivity index (χ0v) is 19.7. The van der Waals surface area contributed by atoms with E-state index in [-0.39, 0.29) is 0 Å². The molecule has 3 heterocycles. The number of nitrogens with two attached hydrogens (primary N) is 1. The Labute approximate surface area is 193 Å². The lowest BCUT2D eigenvalue weighted by Gasteiger charge is -2.24. The average molecular weight is 447 g/mol. The average Bonchev–Trinajstić information content (AvgIpc) is 3.14. The zero-order chi connectivity index (χ0) is 23.5. The van der Waals surface area contributed by atoms with Crippen molar-refractivity contribution in [1.29, 1.82) is 0 Å². The summed E-state index contributed by atoms with van der Waals surface area (Å²) in [6.45, 7) is 1.76. The molecule has 0 fully saturated rings. The van der Waals surface area contributed by atoms with E-state index in [0.717, 1.165) is 41.1 Å². The number of pyridine rings is 1. The lowest BCUT2D eigenvalue weighted by molar-refractivity contribution is 0.413. The first-order valence-electron chi connectivity index (χ1n) is 10.7. The highest BCUT2D eigenvalue weighted by Gasteiger charge is 2.15. The molecule has 9 heteroatoms. The lowest BCUT2D eigenvalue weighted by atomic mass is 10.1. The molecule has 0 spiro atoms. The number of anilines is 4. The predicted molar refractivity (Wildman–Crippen MR) is 134 cm³/mol. The van der Waals surface area contributed by atoms with Crippen LogP contribution in [0.4, 0.5) is 23.0 Å². The molecule has 0 unspecified atom stereocenters. The highest BCUT2D eigenvalue weighted by atomic mass is 16.5. The molecule has 0 amide bonds. The maximum atomic E-state index is 6.39. The largest absolute Gasteiger partial charge is 0.494 e. The number of hydrogen-bond donors (Lipinski definition) is 2. The molecule has 3 N–H and O–H groups in total. The number of nitrogens with zero attached hydrogens (tertiary/aromatic N) is 6. The third-order valence-corrected chi connectivity index (χ3v) is 5.55. The molecule has 4 aromatic rings. The smallest absolute Gasteiger partial charge is 0.227 e. The van der Waals surface area contributed by atoms with Gasteiger partial charge in [-0.05, 0) is 38.4 Å². The molecule has 1 aromatic carbocycles. The number of likely N-dealkylation sites (N-methyl/N-ethyl adjacent to an activating group) is 2. The first kappa shape index (κ1) is 22.3. The van der Waals surface area contributed by atoms with Crippen LogP contribution in [0.25, 0.3) is 22.3 Å². The summed E-state index contributed by atoms with van der Waals surface area (Å²) in [5.74, 6) is 1.12. The monoisotopic (exact) mass is 446 g/mol. The number of methoxy groups -OCH3 is 1. The molecule has 9 nitrogen and oxygen atoms in total. The van der Waals surface area contributed by atoms with Gasteiger partial charge in [0.05, 0.1) is 29.9 Å². The molecular formula is C24H30N8O. The van der Waals surface area contributed by atoms with Crippen molar-refractivity contribution in [2.24, 2.45) is 7.05 Å². The Morgan fingerprint density at radius 1 is 1.09 bits per heavy atom. The fourth-order valence-electron chi connectivity index (χ4n) is 3.76. The SMILES string of the molecule is COc1cc(N(C)CCN(C)C)c(N)cc1Nc1nccc(-c2cn(C)c3ncccc23)n1. The molecule has 3 aromatic heterocycles. The van der Waals surface area contributed by atoms with E-state index in [9.17, 15) is 0 Å². The van der Waals surface area contributed by atoms with E-state index in [1.54, 1.807) is 19.5 Å². The number of hydrogen-bond acceptors (Lipinski definition) is 8. The van der Waals surface area contributed by atoms with Crippen molar-refractivity contribution in [3.05, 3.63) is 48.9 Å². The molecule has 0 aliphatic heterocycles. The number of benzene rings is 1. The third kappa shape index (κ3) is 4.68.